The molecule has 1 aromatic rings. The zero-order valence-corrected chi connectivity index (χ0v) is 12.0. The molecule has 0 saturated heterocycles. The number of hydrogen-bond donors (Lipinski definition) is 2. The number of carboxylic acid groups (broad SMARTS) is 1. The summed E-state index contributed by atoms with van der Waals surface area (Å²) in [6.07, 6.45) is -0.664. The zero-order chi connectivity index (χ0) is 15.1. The first-order chi connectivity index (χ1) is 9.47. The van der Waals surface area contributed by atoms with E-state index in [0.29, 0.717) is 30.2 Å². The van der Waals surface area contributed by atoms with Crippen LogP contribution in [0.5, 0.6) is 11.5 Å². The Bertz CT molecular complexity index is 449. The number of carbonyl (C=O) groups is 1. The van der Waals surface area contributed by atoms with Crippen LogP contribution in [-0.2, 0) is 4.79 Å². The summed E-state index contributed by atoms with van der Waals surface area (Å²) < 4.78 is 10.3. The molecule has 0 aliphatic heterocycles. The summed E-state index contributed by atoms with van der Waals surface area (Å²) in [7, 11) is 4.85. The van der Waals surface area contributed by atoms with Crippen molar-refractivity contribution in [2.75, 3.05) is 34.4 Å². The largest absolute Gasteiger partial charge is 0.493 e. The number of ether oxygens (including phenoxy) is 2. The highest BCUT2D eigenvalue weighted by Crippen LogP contribution is 2.30. The van der Waals surface area contributed by atoms with Gasteiger partial charge < -0.3 is 24.6 Å². The Morgan fingerprint density at radius 3 is 2.50 bits per heavy atom. The van der Waals surface area contributed by atoms with Crippen molar-refractivity contribution in [3.63, 3.8) is 0 Å². The van der Waals surface area contributed by atoms with Gasteiger partial charge in [-0.15, -0.1) is 0 Å². The van der Waals surface area contributed by atoms with Crippen LogP contribution in [0, 0.1) is 0 Å². The molecular formula is C14H21NO5. The lowest BCUT2D eigenvalue weighted by Crippen LogP contribution is -2.27. The Kier molecular flexibility index (Phi) is 6.27. The summed E-state index contributed by atoms with van der Waals surface area (Å²) in [5.41, 5.74) is 0.699. The van der Waals surface area contributed by atoms with Crippen molar-refractivity contribution in [3.05, 3.63) is 23.8 Å². The molecule has 2 N–H and O–H groups in total. The van der Waals surface area contributed by atoms with Crippen LogP contribution in [0.2, 0.25) is 0 Å². The van der Waals surface area contributed by atoms with E-state index in [1.54, 1.807) is 37.3 Å². The first-order valence-electron chi connectivity index (χ1n) is 6.28. The molecule has 0 spiro atoms. The third-order valence-corrected chi connectivity index (χ3v) is 2.98. The summed E-state index contributed by atoms with van der Waals surface area (Å²) in [5, 5.41) is 18.8. The molecule has 20 heavy (non-hydrogen) atoms. The van der Waals surface area contributed by atoms with E-state index in [0.717, 1.165) is 0 Å². The first kappa shape index (κ1) is 16.3. The van der Waals surface area contributed by atoms with E-state index in [9.17, 15) is 9.90 Å². The van der Waals surface area contributed by atoms with Gasteiger partial charge in [0.15, 0.2) is 11.5 Å². The van der Waals surface area contributed by atoms with Crippen LogP contribution in [0.15, 0.2) is 18.2 Å². The lowest BCUT2D eigenvalue weighted by molar-refractivity contribution is -0.137. The minimum atomic E-state index is -0.850. The van der Waals surface area contributed by atoms with Gasteiger partial charge in [-0.1, -0.05) is 6.07 Å². The Hall–Kier alpha value is -1.79. The third kappa shape index (κ3) is 4.71. The molecule has 0 bridgehead atoms. The number of likely N-dealkylation sites (N-methyl/N-ethyl adjacent to an activating group) is 1. The van der Waals surface area contributed by atoms with Crippen LogP contribution in [0.25, 0.3) is 0 Å². The normalized spacial score (nSPS) is 12.2. The van der Waals surface area contributed by atoms with Gasteiger partial charge in [-0.05, 0) is 24.7 Å². The monoisotopic (exact) mass is 283 g/mol. The van der Waals surface area contributed by atoms with Crippen molar-refractivity contribution in [2.24, 2.45) is 0 Å². The van der Waals surface area contributed by atoms with Crippen molar-refractivity contribution in [1.29, 1.82) is 0 Å². The smallest absolute Gasteiger partial charge is 0.304 e. The number of methoxy groups -OCH3 is 2. The van der Waals surface area contributed by atoms with Gasteiger partial charge in [0.2, 0.25) is 0 Å². The molecule has 0 saturated carbocycles. The molecule has 1 unspecified atom stereocenters. The molecule has 112 valence electrons. The van der Waals surface area contributed by atoms with Crippen molar-refractivity contribution in [1.82, 2.24) is 4.90 Å². The highest BCUT2D eigenvalue weighted by Gasteiger charge is 2.14. The number of aliphatic hydroxyl groups excluding tert-OH is 1. The van der Waals surface area contributed by atoms with Gasteiger partial charge in [0.25, 0.3) is 0 Å². The topological polar surface area (TPSA) is 79.2 Å². The number of carboxylic acids is 1. The number of aliphatic hydroxyl groups is 1. The second-order valence-corrected chi connectivity index (χ2v) is 4.54. The number of aliphatic carboxylic acids is 1. The third-order valence-electron chi connectivity index (χ3n) is 2.98. The van der Waals surface area contributed by atoms with Crippen molar-refractivity contribution in [2.45, 2.75) is 12.5 Å². The van der Waals surface area contributed by atoms with Gasteiger partial charge in [0.1, 0.15) is 0 Å². The maximum Gasteiger partial charge on any atom is 0.304 e. The molecule has 1 rings (SSSR count). The highest BCUT2D eigenvalue weighted by atomic mass is 16.5. The molecule has 1 atom stereocenters. The Labute approximate surface area is 118 Å². The number of hydrogen-bond acceptors (Lipinski definition) is 5. The molecule has 0 aliphatic carbocycles. The Morgan fingerprint density at radius 2 is 1.95 bits per heavy atom. The van der Waals surface area contributed by atoms with Crippen LogP contribution in [0.3, 0.4) is 0 Å². The first-order valence-corrected chi connectivity index (χ1v) is 6.28. The van der Waals surface area contributed by atoms with E-state index < -0.39 is 12.1 Å². The summed E-state index contributed by atoms with van der Waals surface area (Å²) >= 11 is 0. The van der Waals surface area contributed by atoms with E-state index in [1.807, 2.05) is 0 Å². The summed E-state index contributed by atoms with van der Waals surface area (Å²) in [4.78, 5) is 12.3. The molecule has 6 nitrogen and oxygen atoms in total. The van der Waals surface area contributed by atoms with Crippen LogP contribution >= 0.6 is 0 Å². The van der Waals surface area contributed by atoms with Gasteiger partial charge in [-0.25, -0.2) is 0 Å². The Balaban J connectivity index is 2.67. The molecule has 1 aromatic carbocycles. The minimum absolute atomic E-state index is 0.0507. The molecular weight excluding hydrogens is 262 g/mol. The SMILES string of the molecule is COc1ccc(C(O)CN(C)CCC(=O)O)cc1OC. The fourth-order valence-electron chi connectivity index (χ4n) is 1.84. The van der Waals surface area contributed by atoms with Crippen LogP contribution < -0.4 is 9.47 Å². The average molecular weight is 283 g/mol. The second-order valence-electron chi connectivity index (χ2n) is 4.54. The van der Waals surface area contributed by atoms with E-state index in [-0.39, 0.29) is 6.42 Å². The molecule has 0 heterocycles. The summed E-state index contributed by atoms with van der Waals surface area (Å²) in [6.45, 7) is 0.739. The fraction of sp³-hybridized carbons (Fsp3) is 0.500. The summed E-state index contributed by atoms with van der Waals surface area (Å²) in [5.74, 6) is 0.303. The van der Waals surface area contributed by atoms with Gasteiger partial charge in [0, 0.05) is 13.1 Å². The predicted octanol–water partition coefficient (Wildman–Crippen LogP) is 1.14. The van der Waals surface area contributed by atoms with Crippen LogP contribution in [0.4, 0.5) is 0 Å². The van der Waals surface area contributed by atoms with Gasteiger partial charge in [-0.2, -0.15) is 0 Å². The van der Waals surface area contributed by atoms with Gasteiger partial charge in [0.05, 0.1) is 26.7 Å². The number of nitrogens with zero attached hydrogens (tertiary/aromatic N) is 1. The lowest BCUT2D eigenvalue weighted by Gasteiger charge is -2.20. The Morgan fingerprint density at radius 1 is 1.30 bits per heavy atom. The predicted molar refractivity (Wildman–Crippen MR) is 74.3 cm³/mol. The van der Waals surface area contributed by atoms with E-state index in [4.69, 9.17) is 14.6 Å². The van der Waals surface area contributed by atoms with E-state index in [1.165, 1.54) is 7.11 Å². The highest BCUT2D eigenvalue weighted by molar-refractivity contribution is 5.66. The lowest BCUT2D eigenvalue weighted by atomic mass is 10.1. The average Bonchev–Trinajstić information content (AvgIpc) is 2.44. The second kappa shape index (κ2) is 7.72. The zero-order valence-electron chi connectivity index (χ0n) is 12.0. The number of benzene rings is 1. The fourth-order valence-corrected chi connectivity index (χ4v) is 1.84. The van der Waals surface area contributed by atoms with Gasteiger partial charge in [-0.3, -0.25) is 4.79 Å². The van der Waals surface area contributed by atoms with Crippen molar-refractivity contribution < 1.29 is 24.5 Å². The molecule has 0 aromatic heterocycles. The molecule has 0 aliphatic rings. The summed E-state index contributed by atoms with van der Waals surface area (Å²) in [6, 6.07) is 5.21. The maximum atomic E-state index is 10.5. The van der Waals surface area contributed by atoms with E-state index >= 15 is 0 Å². The molecule has 0 amide bonds. The molecule has 0 radical (unpaired) electrons. The van der Waals surface area contributed by atoms with Gasteiger partial charge >= 0.3 is 5.97 Å². The maximum absolute atomic E-state index is 10.5. The van der Waals surface area contributed by atoms with E-state index in [2.05, 4.69) is 0 Å². The van der Waals surface area contributed by atoms with Crippen LogP contribution in [-0.4, -0.2) is 55.4 Å². The van der Waals surface area contributed by atoms with Crippen molar-refractivity contribution >= 4 is 5.97 Å². The molecule has 6 heteroatoms. The quantitative estimate of drug-likeness (QED) is 0.745. The van der Waals surface area contributed by atoms with Crippen LogP contribution in [0.1, 0.15) is 18.1 Å². The number of rotatable bonds is 8. The van der Waals surface area contributed by atoms with Crippen molar-refractivity contribution in [3.8, 4) is 11.5 Å². The minimum Gasteiger partial charge on any atom is -0.493 e. The standard InChI is InChI=1S/C14H21NO5/c1-15(7-6-14(17)18)9-11(16)10-4-5-12(19-2)13(8-10)20-3/h4-5,8,11,16H,6-7,9H2,1-3H3,(H,17,18). The molecule has 0 fully saturated rings.